The highest BCUT2D eigenvalue weighted by molar-refractivity contribution is 14.0. The van der Waals surface area contributed by atoms with Crippen LogP contribution in [0.5, 0.6) is 0 Å². The van der Waals surface area contributed by atoms with Gasteiger partial charge in [-0.05, 0) is 49.3 Å². The van der Waals surface area contributed by atoms with Gasteiger partial charge in [0.2, 0.25) is 0 Å². The van der Waals surface area contributed by atoms with Crippen LogP contribution in [0.15, 0.2) is 23.2 Å². The van der Waals surface area contributed by atoms with Gasteiger partial charge in [0.05, 0.1) is 0 Å². The van der Waals surface area contributed by atoms with Crippen LogP contribution in [0.25, 0.3) is 0 Å². The SMILES string of the molecule is Cc1ccc(Cl)cc1N1CCC(CN=C(N)NCCC(C)C)C1.I. The second-order valence-corrected chi connectivity index (χ2v) is 7.30. The molecule has 1 fully saturated rings. The highest BCUT2D eigenvalue weighted by Gasteiger charge is 2.23. The molecule has 0 aliphatic carbocycles. The summed E-state index contributed by atoms with van der Waals surface area (Å²) in [7, 11) is 0. The largest absolute Gasteiger partial charge is 0.371 e. The van der Waals surface area contributed by atoms with E-state index in [9.17, 15) is 0 Å². The maximum absolute atomic E-state index is 6.13. The van der Waals surface area contributed by atoms with Gasteiger partial charge in [0.15, 0.2) is 5.96 Å². The smallest absolute Gasteiger partial charge is 0.188 e. The zero-order valence-corrected chi connectivity index (χ0v) is 18.0. The normalized spacial score (nSPS) is 18.0. The zero-order valence-electron chi connectivity index (χ0n) is 14.9. The minimum atomic E-state index is 0. The molecule has 0 aromatic heterocycles. The Morgan fingerprint density at radius 1 is 1.46 bits per heavy atom. The fraction of sp³-hybridized carbons (Fsp3) is 0.611. The lowest BCUT2D eigenvalue weighted by molar-refractivity contribution is 0.572. The summed E-state index contributed by atoms with van der Waals surface area (Å²) >= 11 is 6.13. The van der Waals surface area contributed by atoms with Gasteiger partial charge in [0.25, 0.3) is 0 Å². The van der Waals surface area contributed by atoms with Crippen molar-refractivity contribution in [2.75, 3.05) is 31.1 Å². The van der Waals surface area contributed by atoms with Crippen molar-refractivity contribution in [2.24, 2.45) is 22.6 Å². The van der Waals surface area contributed by atoms with Crippen LogP contribution >= 0.6 is 35.6 Å². The molecule has 4 nitrogen and oxygen atoms in total. The van der Waals surface area contributed by atoms with Gasteiger partial charge >= 0.3 is 0 Å². The van der Waals surface area contributed by atoms with Crippen molar-refractivity contribution < 1.29 is 0 Å². The molecule has 136 valence electrons. The summed E-state index contributed by atoms with van der Waals surface area (Å²) in [5.41, 5.74) is 8.45. The molecule has 1 aliphatic heterocycles. The lowest BCUT2D eigenvalue weighted by atomic mass is 10.1. The summed E-state index contributed by atoms with van der Waals surface area (Å²) in [5.74, 6) is 1.81. The van der Waals surface area contributed by atoms with Crippen LogP contribution < -0.4 is 16.0 Å². The molecule has 0 saturated carbocycles. The molecule has 3 N–H and O–H groups in total. The molecule has 1 atom stereocenters. The number of rotatable bonds is 6. The summed E-state index contributed by atoms with van der Waals surface area (Å²) in [6.45, 7) is 10.3. The highest BCUT2D eigenvalue weighted by atomic mass is 127. The minimum Gasteiger partial charge on any atom is -0.371 e. The molecular weight excluding hydrogens is 435 g/mol. The summed E-state index contributed by atoms with van der Waals surface area (Å²) in [4.78, 5) is 6.91. The van der Waals surface area contributed by atoms with Crippen molar-refractivity contribution in [3.8, 4) is 0 Å². The zero-order chi connectivity index (χ0) is 16.8. The van der Waals surface area contributed by atoms with E-state index in [1.54, 1.807) is 0 Å². The molecule has 0 spiro atoms. The van der Waals surface area contributed by atoms with Gasteiger partial charge in [-0.3, -0.25) is 4.99 Å². The van der Waals surface area contributed by atoms with E-state index in [2.05, 4.69) is 48.1 Å². The first kappa shape index (κ1) is 21.4. The number of nitrogens with one attached hydrogen (secondary N) is 1. The van der Waals surface area contributed by atoms with E-state index in [-0.39, 0.29) is 24.0 Å². The Labute approximate surface area is 168 Å². The summed E-state index contributed by atoms with van der Waals surface area (Å²) in [6.07, 6.45) is 2.26. The Kier molecular flexibility index (Phi) is 9.19. The van der Waals surface area contributed by atoms with E-state index in [4.69, 9.17) is 17.3 Å². The van der Waals surface area contributed by atoms with Crippen LogP contribution in [0, 0.1) is 18.8 Å². The van der Waals surface area contributed by atoms with Crippen molar-refractivity contribution in [2.45, 2.75) is 33.6 Å². The molecule has 1 saturated heterocycles. The number of benzene rings is 1. The van der Waals surface area contributed by atoms with E-state index in [0.717, 1.165) is 44.0 Å². The van der Waals surface area contributed by atoms with Crippen molar-refractivity contribution in [3.63, 3.8) is 0 Å². The van der Waals surface area contributed by atoms with Crippen molar-refractivity contribution >= 4 is 47.2 Å². The third-order valence-corrected chi connectivity index (χ3v) is 4.58. The number of halogens is 2. The Morgan fingerprint density at radius 3 is 2.92 bits per heavy atom. The number of hydrogen-bond donors (Lipinski definition) is 2. The van der Waals surface area contributed by atoms with E-state index in [0.29, 0.717) is 17.8 Å². The Hall–Kier alpha value is -0.690. The van der Waals surface area contributed by atoms with Gasteiger partial charge in [0, 0.05) is 36.9 Å². The summed E-state index contributed by atoms with van der Waals surface area (Å²) in [5, 5.41) is 3.99. The quantitative estimate of drug-likeness (QED) is 0.379. The van der Waals surface area contributed by atoms with Crippen LogP contribution in [0.4, 0.5) is 5.69 Å². The number of nitrogens with two attached hydrogens (primary N) is 1. The molecule has 1 unspecified atom stereocenters. The number of aliphatic imine (C=N–C) groups is 1. The Bertz CT molecular complexity index is 548. The first-order valence-corrected chi connectivity index (χ1v) is 8.88. The first-order valence-electron chi connectivity index (χ1n) is 8.50. The number of aryl methyl sites for hydroxylation is 1. The third kappa shape index (κ3) is 6.67. The molecule has 0 bridgehead atoms. The van der Waals surface area contributed by atoms with Gasteiger partial charge in [-0.1, -0.05) is 31.5 Å². The van der Waals surface area contributed by atoms with Crippen molar-refractivity contribution in [1.29, 1.82) is 0 Å². The fourth-order valence-electron chi connectivity index (χ4n) is 2.90. The van der Waals surface area contributed by atoms with Crippen molar-refractivity contribution in [1.82, 2.24) is 5.32 Å². The van der Waals surface area contributed by atoms with Gasteiger partial charge < -0.3 is 16.0 Å². The van der Waals surface area contributed by atoms with Gasteiger partial charge in [0.1, 0.15) is 0 Å². The average molecular weight is 465 g/mol. The molecule has 6 heteroatoms. The molecule has 24 heavy (non-hydrogen) atoms. The lowest BCUT2D eigenvalue weighted by Crippen LogP contribution is -2.33. The predicted molar refractivity (Wildman–Crippen MR) is 116 cm³/mol. The molecule has 1 heterocycles. The standard InChI is InChI=1S/C18H29ClN4.HI/c1-13(2)6-8-21-18(20)22-11-15-7-9-23(12-15)17-10-16(19)5-4-14(17)3;/h4-5,10,13,15H,6-9,11-12H2,1-3H3,(H3,20,21,22);1H. The van der Waals surface area contributed by atoms with Crippen molar-refractivity contribution in [3.05, 3.63) is 28.8 Å². The maximum atomic E-state index is 6.13. The average Bonchev–Trinajstić information content (AvgIpc) is 2.96. The van der Waals surface area contributed by atoms with Crippen LogP contribution in [0.3, 0.4) is 0 Å². The van der Waals surface area contributed by atoms with Crippen LogP contribution in [0.1, 0.15) is 32.3 Å². The number of nitrogens with zero attached hydrogens (tertiary/aromatic N) is 2. The van der Waals surface area contributed by atoms with Gasteiger partial charge in [-0.25, -0.2) is 0 Å². The van der Waals surface area contributed by atoms with Crippen LogP contribution in [0.2, 0.25) is 5.02 Å². The van der Waals surface area contributed by atoms with E-state index in [1.165, 1.54) is 11.3 Å². The topological polar surface area (TPSA) is 53.6 Å². The van der Waals surface area contributed by atoms with Crippen LogP contribution in [-0.2, 0) is 0 Å². The van der Waals surface area contributed by atoms with E-state index < -0.39 is 0 Å². The first-order chi connectivity index (χ1) is 11.0. The Morgan fingerprint density at radius 2 is 2.21 bits per heavy atom. The minimum absolute atomic E-state index is 0. The van der Waals surface area contributed by atoms with E-state index >= 15 is 0 Å². The number of hydrogen-bond acceptors (Lipinski definition) is 2. The third-order valence-electron chi connectivity index (χ3n) is 4.35. The molecule has 0 amide bonds. The second kappa shape index (κ2) is 10.3. The molecular formula is C18H30ClIN4. The molecule has 0 radical (unpaired) electrons. The maximum Gasteiger partial charge on any atom is 0.188 e. The second-order valence-electron chi connectivity index (χ2n) is 6.87. The van der Waals surface area contributed by atoms with Crippen LogP contribution in [-0.4, -0.2) is 32.1 Å². The fourth-order valence-corrected chi connectivity index (χ4v) is 3.06. The number of anilines is 1. The molecule has 1 aliphatic rings. The van der Waals surface area contributed by atoms with Gasteiger partial charge in [-0.15, -0.1) is 24.0 Å². The van der Waals surface area contributed by atoms with E-state index in [1.807, 2.05) is 6.07 Å². The summed E-state index contributed by atoms with van der Waals surface area (Å²) in [6, 6.07) is 6.09. The molecule has 1 aromatic rings. The number of guanidine groups is 1. The van der Waals surface area contributed by atoms with Gasteiger partial charge in [-0.2, -0.15) is 0 Å². The lowest BCUT2D eigenvalue weighted by Gasteiger charge is -2.21. The monoisotopic (exact) mass is 464 g/mol. The Balaban J connectivity index is 0.00000288. The predicted octanol–water partition coefficient (Wildman–Crippen LogP) is 4.04. The molecule has 2 rings (SSSR count). The molecule has 1 aromatic carbocycles. The summed E-state index contributed by atoms with van der Waals surface area (Å²) < 4.78 is 0. The highest BCUT2D eigenvalue weighted by Crippen LogP contribution is 2.29.